The number of hydrogen-bond donors (Lipinski definition) is 1. The number of nitrogens with zero attached hydrogens (tertiary/aromatic N) is 3. The normalized spacial score (nSPS) is 16.1. The molecule has 5 nitrogen and oxygen atoms in total. The molecule has 0 saturated heterocycles. The summed E-state index contributed by atoms with van der Waals surface area (Å²) in [6.07, 6.45) is -4.52. The molecule has 3 rings (SSSR count). The quantitative estimate of drug-likeness (QED) is 0.413. The lowest BCUT2D eigenvalue weighted by Crippen LogP contribution is -2.34. The van der Waals surface area contributed by atoms with Crippen LogP contribution in [0.4, 0.5) is 18.9 Å². The van der Waals surface area contributed by atoms with Crippen LogP contribution in [0.2, 0.25) is 5.02 Å². The molecule has 0 spiro atoms. The Morgan fingerprint density at radius 3 is 2.77 bits per heavy atom. The van der Waals surface area contributed by atoms with Crippen LogP contribution in [0.25, 0.3) is 21.6 Å². The van der Waals surface area contributed by atoms with Crippen molar-refractivity contribution in [1.29, 1.82) is 0 Å². The highest BCUT2D eigenvalue weighted by Crippen LogP contribution is 2.45. The van der Waals surface area contributed by atoms with Crippen molar-refractivity contribution < 1.29 is 17.9 Å². The van der Waals surface area contributed by atoms with Gasteiger partial charge in [0.25, 0.3) is 0 Å². The average Bonchev–Trinajstić information content (AvgIpc) is 2.58. The van der Waals surface area contributed by atoms with Gasteiger partial charge in [0.1, 0.15) is 12.4 Å². The number of alkyl halides is 3. The Kier molecular flexibility index (Phi) is 4.89. The van der Waals surface area contributed by atoms with Gasteiger partial charge in [0.15, 0.2) is 0 Å². The molecule has 0 saturated carbocycles. The third-order valence-electron chi connectivity index (χ3n) is 3.99. The van der Waals surface area contributed by atoms with E-state index in [-0.39, 0.29) is 35.3 Å². The molecule has 0 fully saturated rings. The Morgan fingerprint density at radius 1 is 1.31 bits per heavy atom. The van der Waals surface area contributed by atoms with Gasteiger partial charge in [0, 0.05) is 28.1 Å². The number of anilines is 1. The van der Waals surface area contributed by atoms with E-state index < -0.39 is 11.7 Å². The smallest absolute Gasteiger partial charge is 0.417 e. The minimum Gasteiger partial charge on any atom is -0.489 e. The average molecular weight is 383 g/mol. The number of benzene rings is 2. The number of ether oxygens (including phenoxy) is 1. The summed E-state index contributed by atoms with van der Waals surface area (Å²) < 4.78 is 46.3. The molecule has 136 valence electrons. The first-order valence-corrected chi connectivity index (χ1v) is 8.09. The van der Waals surface area contributed by atoms with Gasteiger partial charge in [-0.3, -0.25) is 0 Å². The molecule has 0 bridgehead atoms. The molecule has 1 unspecified atom stereocenters. The van der Waals surface area contributed by atoms with Crippen molar-refractivity contribution in [2.45, 2.75) is 19.1 Å². The fraction of sp³-hybridized carbons (Fsp3) is 0.294. The van der Waals surface area contributed by atoms with Crippen molar-refractivity contribution in [1.82, 2.24) is 0 Å². The van der Waals surface area contributed by atoms with Crippen LogP contribution in [0.1, 0.15) is 11.1 Å². The lowest BCUT2D eigenvalue weighted by Gasteiger charge is -2.29. The maximum Gasteiger partial charge on any atom is 0.417 e. The SMILES string of the molecule is Cc1ccc(-c2cc(Cl)cc3c2NC(CN=[N+]=[N-])CO3)c(C(F)(F)F)c1. The highest BCUT2D eigenvalue weighted by molar-refractivity contribution is 6.31. The van der Waals surface area contributed by atoms with Crippen LogP contribution in [0, 0.1) is 6.92 Å². The molecule has 0 aromatic heterocycles. The molecule has 9 heteroatoms. The summed E-state index contributed by atoms with van der Waals surface area (Å²) in [6.45, 7) is 1.92. The van der Waals surface area contributed by atoms with Gasteiger partial charge < -0.3 is 10.1 Å². The van der Waals surface area contributed by atoms with Crippen molar-refractivity contribution in [3.63, 3.8) is 0 Å². The van der Waals surface area contributed by atoms with Gasteiger partial charge in [-0.1, -0.05) is 34.4 Å². The summed E-state index contributed by atoms with van der Waals surface area (Å²) >= 11 is 6.09. The zero-order valence-corrected chi connectivity index (χ0v) is 14.4. The van der Waals surface area contributed by atoms with Crippen LogP contribution in [0.5, 0.6) is 5.75 Å². The van der Waals surface area contributed by atoms with E-state index in [9.17, 15) is 13.2 Å². The minimum absolute atomic E-state index is 0.00221. The first-order valence-electron chi connectivity index (χ1n) is 7.71. The first-order chi connectivity index (χ1) is 12.3. The molecule has 0 radical (unpaired) electrons. The molecular weight excluding hydrogens is 369 g/mol. The Labute approximate surface area is 152 Å². The van der Waals surface area contributed by atoms with Crippen LogP contribution in [-0.2, 0) is 6.18 Å². The number of fused-ring (bicyclic) bond motifs is 1. The summed E-state index contributed by atoms with van der Waals surface area (Å²) in [5.74, 6) is 0.360. The minimum atomic E-state index is -4.52. The monoisotopic (exact) mass is 382 g/mol. The summed E-state index contributed by atoms with van der Waals surface area (Å²) in [7, 11) is 0. The van der Waals surface area contributed by atoms with E-state index in [0.29, 0.717) is 17.0 Å². The summed E-state index contributed by atoms with van der Waals surface area (Å²) in [5.41, 5.74) is 8.89. The van der Waals surface area contributed by atoms with Crippen LogP contribution in [-0.4, -0.2) is 19.2 Å². The van der Waals surface area contributed by atoms with Crippen LogP contribution in [0.15, 0.2) is 35.4 Å². The van der Waals surface area contributed by atoms with Crippen molar-refractivity contribution in [2.24, 2.45) is 5.11 Å². The third-order valence-corrected chi connectivity index (χ3v) is 4.21. The van der Waals surface area contributed by atoms with Crippen LogP contribution < -0.4 is 10.1 Å². The largest absolute Gasteiger partial charge is 0.489 e. The highest BCUT2D eigenvalue weighted by atomic mass is 35.5. The number of rotatable bonds is 3. The van der Waals surface area contributed by atoms with E-state index in [0.717, 1.165) is 6.07 Å². The molecule has 1 N–H and O–H groups in total. The van der Waals surface area contributed by atoms with E-state index in [4.69, 9.17) is 21.9 Å². The molecule has 1 atom stereocenters. The molecule has 0 aliphatic carbocycles. The first kappa shape index (κ1) is 18.2. The van der Waals surface area contributed by atoms with Gasteiger partial charge in [-0.25, -0.2) is 0 Å². The molecule has 1 heterocycles. The Bertz CT molecular complexity index is 894. The van der Waals surface area contributed by atoms with E-state index >= 15 is 0 Å². The number of azide groups is 1. The lowest BCUT2D eigenvalue weighted by atomic mass is 9.95. The molecule has 2 aromatic rings. The number of halogens is 4. The van der Waals surface area contributed by atoms with Crippen LogP contribution in [0.3, 0.4) is 0 Å². The van der Waals surface area contributed by atoms with Gasteiger partial charge in [-0.15, -0.1) is 0 Å². The fourth-order valence-corrected chi connectivity index (χ4v) is 3.06. The van der Waals surface area contributed by atoms with Crippen LogP contribution >= 0.6 is 11.6 Å². The number of hydrogen-bond acceptors (Lipinski definition) is 3. The summed E-state index contributed by atoms with van der Waals surface area (Å²) in [5, 5.41) is 6.86. The number of aryl methyl sites for hydroxylation is 1. The van der Waals surface area contributed by atoms with E-state index in [1.807, 2.05) is 0 Å². The van der Waals surface area contributed by atoms with Gasteiger partial charge in [0.2, 0.25) is 0 Å². The second-order valence-electron chi connectivity index (χ2n) is 5.94. The number of nitrogens with one attached hydrogen (secondary N) is 1. The second-order valence-corrected chi connectivity index (χ2v) is 6.38. The maximum atomic E-state index is 13.6. The molecule has 26 heavy (non-hydrogen) atoms. The van der Waals surface area contributed by atoms with E-state index in [2.05, 4.69) is 15.3 Å². The molecule has 2 aromatic carbocycles. The second kappa shape index (κ2) is 6.97. The summed E-state index contributed by atoms with van der Waals surface area (Å²) in [6, 6.07) is 6.79. The summed E-state index contributed by atoms with van der Waals surface area (Å²) in [4.78, 5) is 2.70. The van der Waals surface area contributed by atoms with E-state index in [1.54, 1.807) is 19.1 Å². The Morgan fingerprint density at radius 2 is 2.08 bits per heavy atom. The van der Waals surface area contributed by atoms with Gasteiger partial charge in [-0.2, -0.15) is 13.2 Å². The third kappa shape index (κ3) is 3.66. The molecule has 1 aliphatic rings. The standard InChI is InChI=1S/C17H14ClF3N4O/c1-9-2-3-12(14(4-9)17(19,20)21)13-5-10(18)6-15-16(13)24-11(8-26-15)7-23-25-22/h2-6,11,24H,7-8H2,1H3. The van der Waals surface area contributed by atoms with Crippen molar-refractivity contribution in [3.8, 4) is 16.9 Å². The highest BCUT2D eigenvalue weighted by Gasteiger charge is 2.35. The molecular formula is C17H14ClF3N4O. The van der Waals surface area contributed by atoms with Crippen molar-refractivity contribution in [2.75, 3.05) is 18.5 Å². The fourth-order valence-electron chi connectivity index (χ4n) is 2.85. The van der Waals surface area contributed by atoms with Crippen molar-refractivity contribution >= 4 is 17.3 Å². The predicted octanol–water partition coefficient (Wildman–Crippen LogP) is 5.82. The van der Waals surface area contributed by atoms with Crippen molar-refractivity contribution in [3.05, 3.63) is 56.9 Å². The van der Waals surface area contributed by atoms with Gasteiger partial charge in [-0.05, 0) is 30.2 Å². The maximum absolute atomic E-state index is 13.6. The topological polar surface area (TPSA) is 70.0 Å². The predicted molar refractivity (Wildman–Crippen MR) is 93.5 cm³/mol. The molecule has 1 aliphatic heterocycles. The lowest BCUT2D eigenvalue weighted by molar-refractivity contribution is -0.137. The van der Waals surface area contributed by atoms with E-state index in [1.165, 1.54) is 12.1 Å². The van der Waals surface area contributed by atoms with Gasteiger partial charge in [0.05, 0.1) is 17.3 Å². The Balaban J connectivity index is 2.16. The molecule has 0 amide bonds. The van der Waals surface area contributed by atoms with Gasteiger partial charge >= 0.3 is 6.18 Å². The zero-order valence-electron chi connectivity index (χ0n) is 13.6. The zero-order chi connectivity index (χ0) is 18.9. The Hall–Kier alpha value is -2.57.